The Hall–Kier alpha value is -0.0400. The number of rotatable bonds is 2. The first-order chi connectivity index (χ1) is 3.12. The molecular weight excluding hydrogens is 88.1 g/mol. The second kappa shape index (κ2) is 2.31. The van der Waals surface area contributed by atoms with Crippen molar-refractivity contribution in [2.24, 2.45) is 5.41 Å². The molecule has 0 fully saturated rings. The lowest BCUT2D eigenvalue weighted by Crippen LogP contribution is -2.14. The Bertz CT molecular complexity index is 42.1. The van der Waals surface area contributed by atoms with Gasteiger partial charge in [0.2, 0.25) is 0 Å². The molecule has 0 rings (SSSR count). The van der Waals surface area contributed by atoms with E-state index in [-0.39, 0.29) is 12.0 Å². The average Bonchev–Trinajstić information content (AvgIpc) is 1.68. The molecule has 7 heavy (non-hydrogen) atoms. The van der Waals surface area contributed by atoms with Crippen molar-refractivity contribution < 1.29 is 5.11 Å². The fourth-order valence-corrected chi connectivity index (χ4v) is 0.0913. The zero-order chi connectivity index (χ0) is 5.91. The standard InChI is InChI=1S/C6H13O/c1-4-6(2,3)5-7/h4,7H,5H2,1-3H3. The predicted octanol–water partition coefficient (Wildman–Crippen LogP) is 1.23. The van der Waals surface area contributed by atoms with Crippen molar-refractivity contribution in [1.29, 1.82) is 0 Å². The molecule has 0 heterocycles. The predicted molar refractivity (Wildman–Crippen MR) is 30.8 cm³/mol. The minimum Gasteiger partial charge on any atom is -0.396 e. The molecule has 0 saturated carbocycles. The third kappa shape index (κ3) is 2.63. The van der Waals surface area contributed by atoms with Gasteiger partial charge in [-0.1, -0.05) is 20.8 Å². The molecule has 1 radical (unpaired) electrons. The highest BCUT2D eigenvalue weighted by Gasteiger charge is 2.11. The van der Waals surface area contributed by atoms with Gasteiger partial charge in [0.15, 0.2) is 0 Å². The zero-order valence-corrected chi connectivity index (χ0v) is 5.23. The zero-order valence-electron chi connectivity index (χ0n) is 5.23. The maximum atomic E-state index is 8.56. The van der Waals surface area contributed by atoms with Crippen LogP contribution in [0.3, 0.4) is 0 Å². The Kier molecular flexibility index (Phi) is 2.30. The van der Waals surface area contributed by atoms with Gasteiger partial charge in [-0.25, -0.2) is 0 Å². The lowest BCUT2D eigenvalue weighted by atomic mass is 9.92. The van der Waals surface area contributed by atoms with Gasteiger partial charge in [-0.05, 0) is 11.8 Å². The van der Waals surface area contributed by atoms with Crippen molar-refractivity contribution in [3.63, 3.8) is 0 Å². The Labute approximate surface area is 45.4 Å². The third-order valence-corrected chi connectivity index (χ3v) is 1.19. The van der Waals surface area contributed by atoms with Crippen LogP contribution in [0.25, 0.3) is 0 Å². The molecule has 1 N–H and O–H groups in total. The van der Waals surface area contributed by atoms with Gasteiger partial charge >= 0.3 is 0 Å². The molecule has 0 atom stereocenters. The summed E-state index contributed by atoms with van der Waals surface area (Å²) in [6, 6.07) is 0. The minimum absolute atomic E-state index is 0.0139. The van der Waals surface area contributed by atoms with Gasteiger partial charge < -0.3 is 5.11 Å². The van der Waals surface area contributed by atoms with Crippen LogP contribution in [0, 0.1) is 11.8 Å². The highest BCUT2D eigenvalue weighted by atomic mass is 16.3. The van der Waals surface area contributed by atoms with Gasteiger partial charge in [0.1, 0.15) is 0 Å². The van der Waals surface area contributed by atoms with Gasteiger partial charge in [-0.15, -0.1) is 0 Å². The van der Waals surface area contributed by atoms with Gasteiger partial charge in [0, 0.05) is 6.61 Å². The van der Waals surface area contributed by atoms with E-state index in [1.165, 1.54) is 0 Å². The first-order valence-electron chi connectivity index (χ1n) is 2.54. The summed E-state index contributed by atoms with van der Waals surface area (Å²) in [6.07, 6.45) is 1.99. The second-order valence-corrected chi connectivity index (χ2v) is 2.44. The SMILES string of the molecule is C[CH]C(C)(C)CO. The van der Waals surface area contributed by atoms with Crippen molar-refractivity contribution in [3.8, 4) is 0 Å². The van der Waals surface area contributed by atoms with E-state index in [4.69, 9.17) is 5.11 Å². The molecule has 0 saturated heterocycles. The van der Waals surface area contributed by atoms with E-state index in [0.717, 1.165) is 0 Å². The summed E-state index contributed by atoms with van der Waals surface area (Å²) in [5, 5.41) is 8.56. The normalized spacial score (nSPS) is 12.0. The molecule has 0 amide bonds. The monoisotopic (exact) mass is 101 g/mol. The number of hydrogen-bond donors (Lipinski definition) is 1. The minimum atomic E-state index is 0.0139. The molecule has 0 aliphatic rings. The van der Waals surface area contributed by atoms with Crippen LogP contribution in [0.5, 0.6) is 0 Å². The molecule has 0 spiro atoms. The maximum Gasteiger partial charge on any atom is 0.0484 e. The van der Waals surface area contributed by atoms with Crippen molar-refractivity contribution in [3.05, 3.63) is 6.42 Å². The largest absolute Gasteiger partial charge is 0.396 e. The highest BCUT2D eigenvalue weighted by Crippen LogP contribution is 2.15. The van der Waals surface area contributed by atoms with E-state index in [2.05, 4.69) is 0 Å². The summed E-state index contributed by atoms with van der Waals surface area (Å²) in [6.45, 7) is 6.18. The topological polar surface area (TPSA) is 20.2 Å². The lowest BCUT2D eigenvalue weighted by molar-refractivity contribution is 0.187. The smallest absolute Gasteiger partial charge is 0.0484 e. The van der Waals surface area contributed by atoms with Crippen molar-refractivity contribution in [2.45, 2.75) is 20.8 Å². The summed E-state index contributed by atoms with van der Waals surface area (Å²) >= 11 is 0. The van der Waals surface area contributed by atoms with E-state index in [9.17, 15) is 0 Å². The van der Waals surface area contributed by atoms with Gasteiger partial charge in [-0.3, -0.25) is 0 Å². The van der Waals surface area contributed by atoms with Crippen LogP contribution in [-0.4, -0.2) is 11.7 Å². The molecule has 0 aromatic heterocycles. The fourth-order valence-electron chi connectivity index (χ4n) is 0.0913. The average molecular weight is 101 g/mol. The van der Waals surface area contributed by atoms with E-state index >= 15 is 0 Å². The molecule has 0 aliphatic carbocycles. The first-order valence-corrected chi connectivity index (χ1v) is 2.54. The van der Waals surface area contributed by atoms with Crippen LogP contribution in [0.4, 0.5) is 0 Å². The Morgan fingerprint density at radius 1 is 1.57 bits per heavy atom. The number of aliphatic hydroxyl groups is 1. The van der Waals surface area contributed by atoms with E-state index in [1.54, 1.807) is 0 Å². The van der Waals surface area contributed by atoms with Gasteiger partial charge in [0.05, 0.1) is 0 Å². The molecular formula is C6H13O. The fraction of sp³-hybridized carbons (Fsp3) is 0.833. The van der Waals surface area contributed by atoms with E-state index in [1.807, 2.05) is 27.2 Å². The second-order valence-electron chi connectivity index (χ2n) is 2.44. The van der Waals surface area contributed by atoms with Crippen LogP contribution >= 0.6 is 0 Å². The number of aliphatic hydroxyl groups excluding tert-OH is 1. The summed E-state index contributed by atoms with van der Waals surface area (Å²) in [5.41, 5.74) is 0.0139. The molecule has 43 valence electrons. The Morgan fingerprint density at radius 2 is 2.00 bits per heavy atom. The Balaban J connectivity index is 3.36. The van der Waals surface area contributed by atoms with Crippen LogP contribution in [0.2, 0.25) is 0 Å². The number of hydrogen-bond acceptors (Lipinski definition) is 1. The summed E-state index contributed by atoms with van der Waals surface area (Å²) in [5.74, 6) is 0. The van der Waals surface area contributed by atoms with Gasteiger partial charge in [0.25, 0.3) is 0 Å². The molecule has 1 heteroatoms. The quantitative estimate of drug-likeness (QED) is 0.554. The van der Waals surface area contributed by atoms with Crippen LogP contribution in [-0.2, 0) is 0 Å². The molecule has 0 bridgehead atoms. The van der Waals surface area contributed by atoms with Gasteiger partial charge in [-0.2, -0.15) is 0 Å². The molecule has 1 nitrogen and oxygen atoms in total. The molecule has 0 aliphatic heterocycles. The van der Waals surface area contributed by atoms with Crippen LogP contribution in [0.15, 0.2) is 0 Å². The first kappa shape index (κ1) is 6.96. The van der Waals surface area contributed by atoms with Crippen molar-refractivity contribution >= 4 is 0 Å². The van der Waals surface area contributed by atoms with Crippen molar-refractivity contribution in [1.82, 2.24) is 0 Å². The summed E-state index contributed by atoms with van der Waals surface area (Å²) < 4.78 is 0. The highest BCUT2D eigenvalue weighted by molar-refractivity contribution is 4.78. The van der Waals surface area contributed by atoms with Crippen LogP contribution in [0.1, 0.15) is 20.8 Å². The van der Waals surface area contributed by atoms with Crippen LogP contribution < -0.4 is 0 Å². The van der Waals surface area contributed by atoms with Crippen molar-refractivity contribution in [2.75, 3.05) is 6.61 Å². The third-order valence-electron chi connectivity index (χ3n) is 1.19. The molecule has 0 aromatic carbocycles. The molecule has 0 aromatic rings. The summed E-state index contributed by atoms with van der Waals surface area (Å²) in [7, 11) is 0. The Morgan fingerprint density at radius 3 is 2.00 bits per heavy atom. The van der Waals surface area contributed by atoms with E-state index < -0.39 is 0 Å². The lowest BCUT2D eigenvalue weighted by Gasteiger charge is -2.17. The molecule has 0 unspecified atom stereocenters. The maximum absolute atomic E-state index is 8.56. The summed E-state index contributed by atoms with van der Waals surface area (Å²) in [4.78, 5) is 0. The van der Waals surface area contributed by atoms with E-state index in [0.29, 0.717) is 0 Å².